The summed E-state index contributed by atoms with van der Waals surface area (Å²) in [6, 6.07) is 11.8. The molecule has 1 N–H and O–H groups in total. The van der Waals surface area contributed by atoms with Gasteiger partial charge in [-0.05, 0) is 43.2 Å². The van der Waals surface area contributed by atoms with Gasteiger partial charge < -0.3 is 10.2 Å². The summed E-state index contributed by atoms with van der Waals surface area (Å²) in [4.78, 5) is 14.6. The average molecular weight is 422 g/mol. The Morgan fingerprint density at radius 1 is 1.07 bits per heavy atom. The smallest absolute Gasteiger partial charge is 0.255 e. The van der Waals surface area contributed by atoms with Crippen LogP contribution in [0.1, 0.15) is 29.6 Å². The first-order chi connectivity index (χ1) is 13.3. The third kappa shape index (κ3) is 4.32. The molecule has 28 heavy (non-hydrogen) atoms. The van der Waals surface area contributed by atoms with Crippen molar-refractivity contribution in [2.75, 3.05) is 37.4 Å². The fourth-order valence-corrected chi connectivity index (χ4v) is 5.27. The Hall–Kier alpha value is -2.09. The third-order valence-electron chi connectivity index (χ3n) is 4.76. The summed E-state index contributed by atoms with van der Waals surface area (Å²) >= 11 is 6.19. The molecule has 2 aromatic carbocycles. The van der Waals surface area contributed by atoms with Gasteiger partial charge in [0.25, 0.3) is 5.91 Å². The molecule has 0 aliphatic carbocycles. The maximum Gasteiger partial charge on any atom is 0.255 e. The van der Waals surface area contributed by atoms with Gasteiger partial charge in [0.15, 0.2) is 0 Å². The minimum absolute atomic E-state index is 0.0235. The zero-order valence-electron chi connectivity index (χ0n) is 16.0. The van der Waals surface area contributed by atoms with Gasteiger partial charge in [0, 0.05) is 32.7 Å². The molecule has 1 fully saturated rings. The minimum Gasteiger partial charge on any atom is -0.376 e. The van der Waals surface area contributed by atoms with Crippen LogP contribution < -0.4 is 10.2 Å². The van der Waals surface area contributed by atoms with Gasteiger partial charge in [-0.15, -0.1) is 0 Å². The molecule has 0 bridgehead atoms. The molecule has 3 rings (SSSR count). The highest BCUT2D eigenvalue weighted by molar-refractivity contribution is 7.89. The van der Waals surface area contributed by atoms with Crippen LogP contribution in [0.25, 0.3) is 0 Å². The molecule has 2 aromatic rings. The average Bonchev–Trinajstić information content (AvgIpc) is 2.69. The number of hydrogen-bond acceptors (Lipinski definition) is 4. The van der Waals surface area contributed by atoms with Gasteiger partial charge in [-0.3, -0.25) is 4.79 Å². The highest BCUT2D eigenvalue weighted by atomic mass is 35.5. The highest BCUT2D eigenvalue weighted by Gasteiger charge is 2.28. The number of nitrogens with one attached hydrogen (secondary N) is 1. The van der Waals surface area contributed by atoms with Crippen LogP contribution in [0, 0.1) is 0 Å². The molecule has 8 heteroatoms. The molecule has 0 spiro atoms. The van der Waals surface area contributed by atoms with E-state index in [1.807, 2.05) is 37.2 Å². The van der Waals surface area contributed by atoms with E-state index < -0.39 is 10.0 Å². The number of sulfonamides is 1. The summed E-state index contributed by atoms with van der Waals surface area (Å²) < 4.78 is 27.4. The van der Waals surface area contributed by atoms with Crippen LogP contribution in [0.3, 0.4) is 0 Å². The van der Waals surface area contributed by atoms with Crippen molar-refractivity contribution in [1.82, 2.24) is 4.31 Å². The number of piperidine rings is 1. The number of carbonyl (C=O) groups is 1. The summed E-state index contributed by atoms with van der Waals surface area (Å²) in [5, 5.41) is 2.97. The van der Waals surface area contributed by atoms with E-state index in [-0.39, 0.29) is 21.4 Å². The standard InChI is InChI=1S/C20H24ClN3O3S/c1-23(2)18-9-5-4-8-17(18)22-20(25)15-10-11-16(21)19(14-15)28(26,27)24-12-6-3-7-13-24/h4-5,8-11,14H,3,6-7,12-13H2,1-2H3,(H,22,25). The van der Waals surface area contributed by atoms with Crippen molar-refractivity contribution in [2.45, 2.75) is 24.2 Å². The lowest BCUT2D eigenvalue weighted by atomic mass is 10.2. The van der Waals surface area contributed by atoms with Gasteiger partial charge in [0.2, 0.25) is 10.0 Å². The van der Waals surface area contributed by atoms with Gasteiger partial charge in [-0.1, -0.05) is 30.2 Å². The van der Waals surface area contributed by atoms with Crippen LogP contribution in [0.4, 0.5) is 11.4 Å². The number of carbonyl (C=O) groups excluding carboxylic acids is 1. The predicted molar refractivity (Wildman–Crippen MR) is 113 cm³/mol. The second-order valence-corrected chi connectivity index (χ2v) is 9.29. The number of rotatable bonds is 5. The number of benzene rings is 2. The molecule has 0 atom stereocenters. The van der Waals surface area contributed by atoms with E-state index in [9.17, 15) is 13.2 Å². The SMILES string of the molecule is CN(C)c1ccccc1NC(=O)c1ccc(Cl)c(S(=O)(=O)N2CCCCC2)c1. The topological polar surface area (TPSA) is 69.7 Å². The van der Waals surface area contributed by atoms with Crippen LogP contribution in [-0.4, -0.2) is 45.8 Å². The van der Waals surface area contributed by atoms with Crippen LogP contribution in [0.5, 0.6) is 0 Å². The van der Waals surface area contributed by atoms with Gasteiger partial charge in [0.1, 0.15) is 4.90 Å². The number of hydrogen-bond donors (Lipinski definition) is 1. The van der Waals surface area contributed by atoms with Crippen LogP contribution in [-0.2, 0) is 10.0 Å². The Kier molecular flexibility index (Phi) is 6.27. The van der Waals surface area contributed by atoms with Gasteiger partial charge in [-0.25, -0.2) is 8.42 Å². The third-order valence-corrected chi connectivity index (χ3v) is 7.14. The molecule has 0 unspecified atom stereocenters. The molecule has 0 saturated carbocycles. The van der Waals surface area contributed by atoms with Crippen molar-refractivity contribution in [2.24, 2.45) is 0 Å². The normalized spacial score (nSPS) is 15.2. The molecule has 6 nitrogen and oxygen atoms in total. The number of para-hydroxylation sites is 2. The predicted octanol–water partition coefficient (Wildman–Crippen LogP) is 3.83. The lowest BCUT2D eigenvalue weighted by Gasteiger charge is -2.26. The molecule has 0 aromatic heterocycles. The Labute approximate surface area is 171 Å². The van der Waals surface area contributed by atoms with E-state index in [4.69, 9.17) is 11.6 Å². The quantitative estimate of drug-likeness (QED) is 0.796. The second kappa shape index (κ2) is 8.51. The number of nitrogens with zero attached hydrogens (tertiary/aromatic N) is 2. The van der Waals surface area contributed by atoms with Crippen molar-refractivity contribution in [3.8, 4) is 0 Å². The van der Waals surface area contributed by atoms with E-state index in [0.29, 0.717) is 18.8 Å². The van der Waals surface area contributed by atoms with Crippen molar-refractivity contribution < 1.29 is 13.2 Å². The molecule has 1 saturated heterocycles. The molecular weight excluding hydrogens is 398 g/mol. The maximum absolute atomic E-state index is 13.0. The first-order valence-electron chi connectivity index (χ1n) is 9.18. The fraction of sp³-hybridized carbons (Fsp3) is 0.350. The van der Waals surface area contributed by atoms with Crippen molar-refractivity contribution in [1.29, 1.82) is 0 Å². The minimum atomic E-state index is -3.73. The first kappa shape index (κ1) is 20.6. The first-order valence-corrected chi connectivity index (χ1v) is 11.0. The van der Waals surface area contributed by atoms with E-state index in [0.717, 1.165) is 24.9 Å². The molecular formula is C20H24ClN3O3S. The van der Waals surface area contributed by atoms with Crippen molar-refractivity contribution in [3.63, 3.8) is 0 Å². The maximum atomic E-state index is 13.0. The zero-order valence-corrected chi connectivity index (χ0v) is 17.6. The molecule has 0 radical (unpaired) electrons. The molecule has 1 aliphatic heterocycles. The van der Waals surface area contributed by atoms with Crippen LogP contribution in [0.15, 0.2) is 47.4 Å². The lowest BCUT2D eigenvalue weighted by molar-refractivity contribution is 0.102. The van der Waals surface area contributed by atoms with E-state index in [2.05, 4.69) is 5.32 Å². The summed E-state index contributed by atoms with van der Waals surface area (Å²) in [6.07, 6.45) is 2.68. The molecule has 1 amide bonds. The Bertz CT molecular complexity index is 970. The lowest BCUT2D eigenvalue weighted by Crippen LogP contribution is -2.35. The van der Waals surface area contributed by atoms with Crippen LogP contribution in [0.2, 0.25) is 5.02 Å². The molecule has 1 heterocycles. The zero-order chi connectivity index (χ0) is 20.3. The molecule has 150 valence electrons. The largest absolute Gasteiger partial charge is 0.376 e. The highest BCUT2D eigenvalue weighted by Crippen LogP contribution is 2.29. The number of anilines is 2. The fourth-order valence-electron chi connectivity index (χ4n) is 3.25. The van der Waals surface area contributed by atoms with E-state index >= 15 is 0 Å². The number of halogens is 1. The van der Waals surface area contributed by atoms with Gasteiger partial charge >= 0.3 is 0 Å². The van der Waals surface area contributed by atoms with Gasteiger partial charge in [0.05, 0.1) is 16.4 Å². The summed E-state index contributed by atoms with van der Waals surface area (Å²) in [5.41, 5.74) is 1.74. The summed E-state index contributed by atoms with van der Waals surface area (Å²) in [7, 11) is 0.0410. The monoisotopic (exact) mass is 421 g/mol. The van der Waals surface area contributed by atoms with Crippen LogP contribution >= 0.6 is 11.6 Å². The van der Waals surface area contributed by atoms with Crippen molar-refractivity contribution in [3.05, 3.63) is 53.1 Å². The molecule has 1 aliphatic rings. The summed E-state index contributed by atoms with van der Waals surface area (Å²) in [5.74, 6) is -0.388. The number of amides is 1. The Morgan fingerprint density at radius 3 is 2.43 bits per heavy atom. The Morgan fingerprint density at radius 2 is 1.75 bits per heavy atom. The van der Waals surface area contributed by atoms with E-state index in [1.54, 1.807) is 6.07 Å². The van der Waals surface area contributed by atoms with Crippen molar-refractivity contribution >= 4 is 38.9 Å². The Balaban J connectivity index is 1.90. The van der Waals surface area contributed by atoms with Gasteiger partial charge in [-0.2, -0.15) is 4.31 Å². The van der Waals surface area contributed by atoms with E-state index in [1.165, 1.54) is 22.5 Å². The second-order valence-electron chi connectivity index (χ2n) is 6.98. The summed E-state index contributed by atoms with van der Waals surface area (Å²) in [6.45, 7) is 0.955.